The molecular formula is C22H19N3O5. The monoisotopic (exact) mass is 405 g/mol. The van der Waals surface area contributed by atoms with Crippen molar-refractivity contribution in [2.75, 3.05) is 6.61 Å². The van der Waals surface area contributed by atoms with Crippen molar-refractivity contribution in [3.8, 4) is 5.75 Å². The van der Waals surface area contributed by atoms with Crippen molar-refractivity contribution in [2.24, 2.45) is 0 Å². The third-order valence-corrected chi connectivity index (χ3v) is 4.25. The average molecular weight is 405 g/mol. The highest BCUT2D eigenvalue weighted by Gasteiger charge is 2.19. The fraction of sp³-hybridized carbons (Fsp3) is 0.0909. The number of nitro benzene ring substituents is 1. The minimum atomic E-state index is -0.781. The van der Waals surface area contributed by atoms with Crippen LogP contribution in [0.4, 0.5) is 5.69 Å². The summed E-state index contributed by atoms with van der Waals surface area (Å²) < 4.78 is 5.67. The highest BCUT2D eigenvalue weighted by molar-refractivity contribution is 6.01. The Labute approximate surface area is 172 Å². The van der Waals surface area contributed by atoms with Crippen molar-refractivity contribution < 1.29 is 19.2 Å². The van der Waals surface area contributed by atoms with Crippen LogP contribution in [0.3, 0.4) is 0 Å². The van der Waals surface area contributed by atoms with Crippen molar-refractivity contribution >= 4 is 17.5 Å². The predicted octanol–water partition coefficient (Wildman–Crippen LogP) is 3.29. The Morgan fingerprint density at radius 2 is 1.47 bits per heavy atom. The van der Waals surface area contributed by atoms with Gasteiger partial charge in [0, 0.05) is 18.1 Å². The largest absolute Gasteiger partial charge is 0.493 e. The van der Waals surface area contributed by atoms with Crippen LogP contribution in [0.25, 0.3) is 0 Å². The number of hydrazine groups is 1. The van der Waals surface area contributed by atoms with Gasteiger partial charge in [0.15, 0.2) is 0 Å². The molecule has 30 heavy (non-hydrogen) atoms. The zero-order chi connectivity index (χ0) is 21.3. The first-order valence-corrected chi connectivity index (χ1v) is 9.15. The molecule has 3 rings (SSSR count). The van der Waals surface area contributed by atoms with Crippen LogP contribution in [0.2, 0.25) is 0 Å². The molecule has 0 aliphatic heterocycles. The molecule has 0 radical (unpaired) electrons. The lowest BCUT2D eigenvalue weighted by Crippen LogP contribution is -2.41. The van der Waals surface area contributed by atoms with E-state index in [1.54, 1.807) is 24.3 Å². The normalized spacial score (nSPS) is 10.1. The fourth-order valence-electron chi connectivity index (χ4n) is 2.71. The summed E-state index contributed by atoms with van der Waals surface area (Å²) in [6, 6.07) is 21.9. The molecule has 0 bridgehead atoms. The molecule has 0 unspecified atom stereocenters. The zero-order valence-electron chi connectivity index (χ0n) is 15.9. The molecule has 0 saturated heterocycles. The highest BCUT2D eigenvalue weighted by Crippen LogP contribution is 2.17. The van der Waals surface area contributed by atoms with Gasteiger partial charge < -0.3 is 4.74 Å². The van der Waals surface area contributed by atoms with Crippen LogP contribution in [-0.4, -0.2) is 23.3 Å². The van der Waals surface area contributed by atoms with Gasteiger partial charge in [-0.2, -0.15) is 0 Å². The summed E-state index contributed by atoms with van der Waals surface area (Å²) in [5, 5.41) is 11.0. The molecule has 0 aliphatic carbocycles. The lowest BCUT2D eigenvalue weighted by Gasteiger charge is -2.09. The van der Waals surface area contributed by atoms with Gasteiger partial charge in [0.2, 0.25) is 0 Å². The maximum Gasteiger partial charge on any atom is 0.282 e. The maximum absolute atomic E-state index is 12.2. The summed E-state index contributed by atoms with van der Waals surface area (Å²) in [4.78, 5) is 34.7. The van der Waals surface area contributed by atoms with E-state index < -0.39 is 16.7 Å². The summed E-state index contributed by atoms with van der Waals surface area (Å²) in [5.41, 5.74) is 5.41. The Kier molecular flexibility index (Phi) is 6.73. The SMILES string of the molecule is O=C(NNC(=O)c1ccccc1[N+](=O)[O-])c1ccc(OCCc2ccccc2)cc1. The molecule has 3 aromatic rings. The second-order valence-electron chi connectivity index (χ2n) is 6.29. The number of para-hydroxylation sites is 1. The van der Waals surface area contributed by atoms with E-state index in [1.807, 2.05) is 30.3 Å². The Bertz CT molecular complexity index is 1040. The molecule has 2 amide bonds. The average Bonchev–Trinajstić information content (AvgIpc) is 2.78. The summed E-state index contributed by atoms with van der Waals surface area (Å²) in [7, 11) is 0. The maximum atomic E-state index is 12.2. The van der Waals surface area contributed by atoms with Crippen LogP contribution in [0, 0.1) is 10.1 Å². The quantitative estimate of drug-likeness (QED) is 0.463. The smallest absolute Gasteiger partial charge is 0.282 e. The van der Waals surface area contributed by atoms with Gasteiger partial charge >= 0.3 is 0 Å². The first-order chi connectivity index (χ1) is 14.5. The van der Waals surface area contributed by atoms with Crippen LogP contribution < -0.4 is 15.6 Å². The predicted molar refractivity (Wildman–Crippen MR) is 110 cm³/mol. The molecule has 8 nitrogen and oxygen atoms in total. The molecule has 0 spiro atoms. The minimum Gasteiger partial charge on any atom is -0.493 e. The molecule has 0 saturated carbocycles. The number of ether oxygens (including phenoxy) is 1. The number of benzene rings is 3. The Balaban J connectivity index is 1.51. The number of rotatable bonds is 7. The standard InChI is InChI=1S/C22H19N3O5/c26-21(23-24-22(27)19-8-4-5-9-20(19)25(28)29)17-10-12-18(13-11-17)30-15-14-16-6-2-1-3-7-16/h1-13H,14-15H2,(H,23,26)(H,24,27). The number of nitrogens with zero attached hydrogens (tertiary/aromatic N) is 1. The van der Waals surface area contributed by atoms with E-state index in [4.69, 9.17) is 4.74 Å². The molecule has 0 fully saturated rings. The Morgan fingerprint density at radius 3 is 2.17 bits per heavy atom. The van der Waals surface area contributed by atoms with Gasteiger partial charge in [-0.15, -0.1) is 0 Å². The molecule has 0 heterocycles. The van der Waals surface area contributed by atoms with Gasteiger partial charge in [-0.25, -0.2) is 0 Å². The molecule has 8 heteroatoms. The van der Waals surface area contributed by atoms with Crippen molar-refractivity contribution in [1.82, 2.24) is 10.9 Å². The lowest BCUT2D eigenvalue weighted by molar-refractivity contribution is -0.385. The van der Waals surface area contributed by atoms with Crippen molar-refractivity contribution in [3.05, 3.63) is 106 Å². The van der Waals surface area contributed by atoms with E-state index in [1.165, 1.54) is 29.8 Å². The minimum absolute atomic E-state index is 0.148. The van der Waals surface area contributed by atoms with Gasteiger partial charge in [-0.3, -0.25) is 30.6 Å². The zero-order valence-corrected chi connectivity index (χ0v) is 15.9. The third-order valence-electron chi connectivity index (χ3n) is 4.25. The number of nitro groups is 1. The number of amides is 2. The van der Waals surface area contributed by atoms with Gasteiger partial charge in [0.05, 0.1) is 11.5 Å². The molecular weight excluding hydrogens is 386 g/mol. The number of carbonyl (C=O) groups excluding carboxylic acids is 2. The van der Waals surface area contributed by atoms with Crippen LogP contribution >= 0.6 is 0 Å². The summed E-state index contributed by atoms with van der Waals surface area (Å²) in [5.74, 6) is -0.722. The molecule has 152 valence electrons. The van der Waals surface area contributed by atoms with Gasteiger partial charge in [0.1, 0.15) is 11.3 Å². The van der Waals surface area contributed by atoms with E-state index >= 15 is 0 Å². The first-order valence-electron chi connectivity index (χ1n) is 9.15. The summed E-state index contributed by atoms with van der Waals surface area (Å²) in [6.07, 6.45) is 0.765. The molecule has 2 N–H and O–H groups in total. The topological polar surface area (TPSA) is 111 Å². The number of hydrogen-bond acceptors (Lipinski definition) is 5. The molecule has 0 atom stereocenters. The van der Waals surface area contributed by atoms with E-state index in [9.17, 15) is 19.7 Å². The highest BCUT2D eigenvalue weighted by atomic mass is 16.6. The van der Waals surface area contributed by atoms with E-state index in [0.29, 0.717) is 17.9 Å². The molecule has 3 aromatic carbocycles. The summed E-state index contributed by atoms with van der Waals surface area (Å²) in [6.45, 7) is 0.501. The molecule has 0 aromatic heterocycles. The second kappa shape index (κ2) is 9.83. The van der Waals surface area contributed by atoms with Crippen LogP contribution in [0.15, 0.2) is 78.9 Å². The number of nitrogens with one attached hydrogen (secondary N) is 2. The summed E-state index contributed by atoms with van der Waals surface area (Å²) >= 11 is 0. The van der Waals surface area contributed by atoms with Crippen LogP contribution in [-0.2, 0) is 6.42 Å². The Hall–Kier alpha value is -4.20. The van der Waals surface area contributed by atoms with E-state index in [0.717, 1.165) is 6.42 Å². The van der Waals surface area contributed by atoms with E-state index in [-0.39, 0.29) is 11.3 Å². The fourth-order valence-corrected chi connectivity index (χ4v) is 2.71. The van der Waals surface area contributed by atoms with Crippen molar-refractivity contribution in [2.45, 2.75) is 6.42 Å². The molecule has 0 aliphatic rings. The van der Waals surface area contributed by atoms with Crippen LogP contribution in [0.1, 0.15) is 26.3 Å². The van der Waals surface area contributed by atoms with Gasteiger partial charge in [0.25, 0.3) is 17.5 Å². The lowest BCUT2D eigenvalue weighted by atomic mass is 10.1. The third kappa shape index (κ3) is 5.41. The second-order valence-corrected chi connectivity index (χ2v) is 6.29. The van der Waals surface area contributed by atoms with Gasteiger partial charge in [-0.05, 0) is 35.9 Å². The number of carbonyl (C=O) groups is 2. The van der Waals surface area contributed by atoms with Gasteiger partial charge in [-0.1, -0.05) is 42.5 Å². The van der Waals surface area contributed by atoms with Crippen molar-refractivity contribution in [1.29, 1.82) is 0 Å². The van der Waals surface area contributed by atoms with E-state index in [2.05, 4.69) is 10.9 Å². The number of hydrogen-bond donors (Lipinski definition) is 2. The first kappa shape index (κ1) is 20.5. The van der Waals surface area contributed by atoms with Crippen molar-refractivity contribution in [3.63, 3.8) is 0 Å². The Morgan fingerprint density at radius 1 is 0.833 bits per heavy atom. The van der Waals surface area contributed by atoms with Crippen LogP contribution in [0.5, 0.6) is 5.75 Å².